The van der Waals surface area contributed by atoms with E-state index in [1.54, 1.807) is 0 Å². The van der Waals surface area contributed by atoms with Crippen molar-refractivity contribution in [1.29, 1.82) is 0 Å². The van der Waals surface area contributed by atoms with E-state index in [0.717, 1.165) is 35.1 Å². The Kier molecular flexibility index (Phi) is 4.39. The lowest BCUT2D eigenvalue weighted by atomic mass is 10.1. The molecule has 4 heteroatoms. The molecule has 1 heterocycles. The van der Waals surface area contributed by atoms with Crippen molar-refractivity contribution in [1.82, 2.24) is 9.97 Å². The molecule has 0 saturated heterocycles. The van der Waals surface area contributed by atoms with Gasteiger partial charge in [0.25, 0.3) is 0 Å². The Hall–Kier alpha value is -1.61. The van der Waals surface area contributed by atoms with Gasteiger partial charge in [0.1, 0.15) is 11.6 Å². The van der Waals surface area contributed by atoms with Gasteiger partial charge in [-0.3, -0.25) is 0 Å². The molecule has 0 aliphatic heterocycles. The zero-order valence-electron chi connectivity index (χ0n) is 12.3. The summed E-state index contributed by atoms with van der Waals surface area (Å²) in [5, 5.41) is 4.02. The molecule has 1 aromatic heterocycles. The number of rotatable bonds is 3. The fraction of sp³-hybridized carbons (Fsp3) is 0.412. The highest BCUT2D eigenvalue weighted by Crippen LogP contribution is 2.26. The van der Waals surface area contributed by atoms with Gasteiger partial charge in [0.2, 0.25) is 0 Å². The third-order valence-electron chi connectivity index (χ3n) is 4.02. The Balaban J connectivity index is 1.96. The Morgan fingerprint density at radius 2 is 1.90 bits per heavy atom. The Bertz CT molecular complexity index is 640. The lowest BCUT2D eigenvalue weighted by molar-refractivity contribution is 0.708. The molecule has 21 heavy (non-hydrogen) atoms. The SMILES string of the molecule is CNc1nc(Cc2ccccc2Cl)nc2c1CCCCC2. The second kappa shape index (κ2) is 6.44. The summed E-state index contributed by atoms with van der Waals surface area (Å²) < 4.78 is 0. The average molecular weight is 302 g/mol. The lowest BCUT2D eigenvalue weighted by Crippen LogP contribution is -2.09. The molecule has 0 saturated carbocycles. The highest BCUT2D eigenvalue weighted by atomic mass is 35.5. The summed E-state index contributed by atoms with van der Waals surface area (Å²) in [5.41, 5.74) is 3.60. The fourth-order valence-electron chi connectivity index (χ4n) is 2.92. The molecule has 0 unspecified atom stereocenters. The summed E-state index contributed by atoms with van der Waals surface area (Å²) in [7, 11) is 1.94. The number of fused-ring (bicyclic) bond motifs is 1. The van der Waals surface area contributed by atoms with Gasteiger partial charge in [0, 0.05) is 29.7 Å². The molecule has 0 amide bonds. The predicted molar refractivity (Wildman–Crippen MR) is 87.1 cm³/mol. The third-order valence-corrected chi connectivity index (χ3v) is 4.39. The van der Waals surface area contributed by atoms with E-state index in [4.69, 9.17) is 21.6 Å². The van der Waals surface area contributed by atoms with Crippen LogP contribution in [0.1, 0.15) is 41.9 Å². The predicted octanol–water partition coefficient (Wildman–Crippen LogP) is 4.03. The summed E-state index contributed by atoms with van der Waals surface area (Å²) >= 11 is 6.25. The molecule has 1 aromatic carbocycles. The number of anilines is 1. The third kappa shape index (κ3) is 3.18. The van der Waals surface area contributed by atoms with Crippen LogP contribution in [0.25, 0.3) is 0 Å². The van der Waals surface area contributed by atoms with Crippen LogP contribution in [-0.2, 0) is 19.3 Å². The van der Waals surface area contributed by atoms with Crippen LogP contribution in [0, 0.1) is 0 Å². The van der Waals surface area contributed by atoms with E-state index >= 15 is 0 Å². The monoisotopic (exact) mass is 301 g/mol. The van der Waals surface area contributed by atoms with Crippen LogP contribution in [0.2, 0.25) is 5.02 Å². The normalized spacial score (nSPS) is 14.4. The number of aromatic nitrogens is 2. The first-order valence-electron chi connectivity index (χ1n) is 7.57. The van der Waals surface area contributed by atoms with Gasteiger partial charge in [-0.05, 0) is 37.3 Å². The van der Waals surface area contributed by atoms with E-state index in [0.29, 0.717) is 6.42 Å². The van der Waals surface area contributed by atoms with Crippen molar-refractivity contribution in [3.63, 3.8) is 0 Å². The van der Waals surface area contributed by atoms with E-state index in [1.165, 1.54) is 30.5 Å². The first-order chi connectivity index (χ1) is 10.3. The topological polar surface area (TPSA) is 37.8 Å². The van der Waals surface area contributed by atoms with E-state index in [-0.39, 0.29) is 0 Å². The van der Waals surface area contributed by atoms with Crippen LogP contribution in [0.4, 0.5) is 5.82 Å². The van der Waals surface area contributed by atoms with Crippen LogP contribution >= 0.6 is 11.6 Å². The fourth-order valence-corrected chi connectivity index (χ4v) is 3.12. The number of hydrogen-bond acceptors (Lipinski definition) is 3. The van der Waals surface area contributed by atoms with Crippen molar-refractivity contribution in [3.05, 3.63) is 51.9 Å². The maximum absolute atomic E-state index is 6.25. The molecule has 0 atom stereocenters. The maximum Gasteiger partial charge on any atom is 0.135 e. The summed E-state index contributed by atoms with van der Waals surface area (Å²) in [6.45, 7) is 0. The van der Waals surface area contributed by atoms with E-state index in [1.807, 2.05) is 31.3 Å². The van der Waals surface area contributed by atoms with Gasteiger partial charge in [0.05, 0.1) is 0 Å². The van der Waals surface area contributed by atoms with Crippen molar-refractivity contribution < 1.29 is 0 Å². The summed E-state index contributed by atoms with van der Waals surface area (Å²) in [5.74, 6) is 1.84. The van der Waals surface area contributed by atoms with Gasteiger partial charge in [-0.2, -0.15) is 0 Å². The molecule has 3 rings (SSSR count). The van der Waals surface area contributed by atoms with Gasteiger partial charge in [-0.25, -0.2) is 9.97 Å². The van der Waals surface area contributed by atoms with Crippen molar-refractivity contribution in [3.8, 4) is 0 Å². The smallest absolute Gasteiger partial charge is 0.135 e. The number of nitrogens with zero attached hydrogens (tertiary/aromatic N) is 2. The zero-order chi connectivity index (χ0) is 14.7. The molecule has 0 fully saturated rings. The summed E-state index contributed by atoms with van der Waals surface area (Å²) in [6.07, 6.45) is 6.55. The molecule has 0 spiro atoms. The molecular weight excluding hydrogens is 282 g/mol. The highest BCUT2D eigenvalue weighted by Gasteiger charge is 2.16. The van der Waals surface area contributed by atoms with Gasteiger partial charge in [-0.1, -0.05) is 36.2 Å². The number of halogens is 1. The van der Waals surface area contributed by atoms with E-state index in [9.17, 15) is 0 Å². The number of nitrogens with one attached hydrogen (secondary N) is 1. The van der Waals surface area contributed by atoms with Crippen molar-refractivity contribution >= 4 is 17.4 Å². The maximum atomic E-state index is 6.25. The second-order valence-electron chi connectivity index (χ2n) is 5.49. The molecule has 0 bridgehead atoms. The van der Waals surface area contributed by atoms with Gasteiger partial charge >= 0.3 is 0 Å². The minimum atomic E-state index is 0.682. The molecular formula is C17H20ClN3. The largest absolute Gasteiger partial charge is 0.373 e. The van der Waals surface area contributed by atoms with Crippen LogP contribution in [0.15, 0.2) is 24.3 Å². The lowest BCUT2D eigenvalue weighted by Gasteiger charge is -2.13. The van der Waals surface area contributed by atoms with E-state index < -0.39 is 0 Å². The van der Waals surface area contributed by atoms with Crippen molar-refractivity contribution in [2.45, 2.75) is 38.5 Å². The van der Waals surface area contributed by atoms with Crippen molar-refractivity contribution in [2.24, 2.45) is 0 Å². The Labute approximate surface area is 130 Å². The average Bonchev–Trinajstić information content (AvgIpc) is 2.74. The molecule has 1 N–H and O–H groups in total. The first kappa shape index (κ1) is 14.3. The molecule has 1 aliphatic carbocycles. The summed E-state index contributed by atoms with van der Waals surface area (Å²) in [4.78, 5) is 9.51. The van der Waals surface area contributed by atoms with Crippen molar-refractivity contribution in [2.75, 3.05) is 12.4 Å². The highest BCUT2D eigenvalue weighted by molar-refractivity contribution is 6.31. The Morgan fingerprint density at radius 1 is 1.10 bits per heavy atom. The zero-order valence-corrected chi connectivity index (χ0v) is 13.1. The standard InChI is InChI=1S/C17H20ClN3/c1-19-17-13-8-3-2-4-10-15(13)20-16(21-17)11-12-7-5-6-9-14(12)18/h5-7,9H,2-4,8,10-11H2,1H3,(H,19,20,21). The summed E-state index contributed by atoms with van der Waals surface area (Å²) in [6, 6.07) is 7.90. The van der Waals surface area contributed by atoms with Crippen LogP contribution in [0.5, 0.6) is 0 Å². The minimum Gasteiger partial charge on any atom is -0.373 e. The van der Waals surface area contributed by atoms with Crippen LogP contribution < -0.4 is 5.32 Å². The quantitative estimate of drug-likeness (QED) is 0.870. The molecule has 3 nitrogen and oxygen atoms in total. The van der Waals surface area contributed by atoms with Gasteiger partial charge in [0.15, 0.2) is 0 Å². The molecule has 0 radical (unpaired) electrons. The number of aryl methyl sites for hydroxylation is 1. The number of benzene rings is 1. The number of hydrogen-bond donors (Lipinski definition) is 1. The minimum absolute atomic E-state index is 0.682. The Morgan fingerprint density at radius 3 is 2.71 bits per heavy atom. The first-order valence-corrected chi connectivity index (χ1v) is 7.95. The van der Waals surface area contributed by atoms with E-state index in [2.05, 4.69) is 5.32 Å². The van der Waals surface area contributed by atoms with Crippen LogP contribution in [0.3, 0.4) is 0 Å². The van der Waals surface area contributed by atoms with Crippen LogP contribution in [-0.4, -0.2) is 17.0 Å². The van der Waals surface area contributed by atoms with Gasteiger partial charge < -0.3 is 5.32 Å². The molecule has 110 valence electrons. The molecule has 2 aromatic rings. The second-order valence-corrected chi connectivity index (χ2v) is 5.90. The molecule has 1 aliphatic rings. The van der Waals surface area contributed by atoms with Gasteiger partial charge in [-0.15, -0.1) is 0 Å².